The minimum atomic E-state index is -0.237. The van der Waals surface area contributed by atoms with Gasteiger partial charge in [0, 0.05) is 5.69 Å². The summed E-state index contributed by atoms with van der Waals surface area (Å²) >= 11 is 0. The molecule has 0 amide bonds. The molecule has 0 saturated heterocycles. The molecule has 0 saturated carbocycles. The van der Waals surface area contributed by atoms with Crippen LogP contribution in [0.25, 0.3) is 0 Å². The number of phenolic OH excluding ortho intramolecular Hbond substituents is 1. The summed E-state index contributed by atoms with van der Waals surface area (Å²) in [5.41, 5.74) is 8.04. The van der Waals surface area contributed by atoms with Crippen molar-refractivity contribution in [3.8, 4) is 11.5 Å². The van der Waals surface area contributed by atoms with E-state index in [1.165, 1.54) is 18.2 Å². The second kappa shape index (κ2) is 5.96. The molecule has 23 heavy (non-hydrogen) atoms. The number of allylic oxidation sites excluding steroid dienone is 2. The molecule has 0 aliphatic heterocycles. The first kappa shape index (κ1) is 14.8. The number of nitrogens with two attached hydrogens (primary N) is 1. The Bertz CT molecular complexity index is 821. The number of ketones is 1. The molecule has 3 rings (SSSR count). The van der Waals surface area contributed by atoms with Crippen LogP contribution >= 0.6 is 0 Å². The summed E-state index contributed by atoms with van der Waals surface area (Å²) < 4.78 is 5.39. The molecule has 0 unspecified atom stereocenters. The van der Waals surface area contributed by atoms with Crippen LogP contribution < -0.4 is 10.5 Å². The summed E-state index contributed by atoms with van der Waals surface area (Å²) in [4.78, 5) is 16.5. The van der Waals surface area contributed by atoms with Crippen LogP contribution in [0.3, 0.4) is 0 Å². The maximum absolute atomic E-state index is 12.0. The van der Waals surface area contributed by atoms with Gasteiger partial charge in [-0.05, 0) is 55.5 Å². The number of aromatic hydroxyl groups is 1. The molecule has 3 N–H and O–H groups in total. The zero-order valence-corrected chi connectivity index (χ0v) is 12.6. The van der Waals surface area contributed by atoms with Crippen molar-refractivity contribution in [1.29, 1.82) is 0 Å². The van der Waals surface area contributed by atoms with E-state index in [1.807, 2.05) is 31.2 Å². The molecule has 0 aromatic heterocycles. The fraction of sp³-hybridized carbons (Fsp3) is 0.111. The van der Waals surface area contributed by atoms with Gasteiger partial charge in [-0.1, -0.05) is 0 Å². The van der Waals surface area contributed by atoms with Crippen LogP contribution in [0.1, 0.15) is 22.8 Å². The molecule has 0 spiro atoms. The number of hydrogen-bond acceptors (Lipinski definition) is 5. The number of hydrogen-bond donors (Lipinski definition) is 2. The SMILES string of the molecule is CCOc1ccc(N=C2C=CC(=O)c3c(N)ccc(O)c32)cc1. The number of nitrogen functional groups attached to an aromatic ring is 1. The minimum absolute atomic E-state index is 0.0170. The largest absolute Gasteiger partial charge is 0.507 e. The standard InChI is InChI=1S/C18H16N2O3/c1-2-23-12-5-3-11(4-6-12)20-14-8-10-15(21)17-13(19)7-9-16(22)18(14)17/h3-10,22H,2,19H2,1H3. The Morgan fingerprint density at radius 2 is 1.83 bits per heavy atom. The predicted molar refractivity (Wildman–Crippen MR) is 89.8 cm³/mol. The lowest BCUT2D eigenvalue weighted by molar-refractivity contribution is 0.104. The number of carbonyl (C=O) groups excluding carboxylic acids is 1. The highest BCUT2D eigenvalue weighted by molar-refractivity contribution is 6.27. The van der Waals surface area contributed by atoms with E-state index in [-0.39, 0.29) is 17.1 Å². The van der Waals surface area contributed by atoms with E-state index >= 15 is 0 Å². The van der Waals surface area contributed by atoms with E-state index < -0.39 is 0 Å². The van der Waals surface area contributed by atoms with Crippen LogP contribution in [-0.4, -0.2) is 23.2 Å². The molecule has 0 radical (unpaired) electrons. The van der Waals surface area contributed by atoms with E-state index in [0.29, 0.717) is 29.3 Å². The van der Waals surface area contributed by atoms with Crippen molar-refractivity contribution in [2.45, 2.75) is 6.92 Å². The zero-order chi connectivity index (χ0) is 16.4. The van der Waals surface area contributed by atoms with Crippen molar-refractivity contribution in [3.63, 3.8) is 0 Å². The van der Waals surface area contributed by atoms with Crippen LogP contribution in [0, 0.1) is 0 Å². The third-order valence-corrected chi connectivity index (χ3v) is 3.51. The zero-order valence-electron chi connectivity index (χ0n) is 12.6. The summed E-state index contributed by atoms with van der Waals surface area (Å²) in [5, 5.41) is 10.1. The monoisotopic (exact) mass is 308 g/mol. The normalized spacial score (nSPS) is 14.8. The number of aliphatic imine (C=N–C) groups is 1. The molecule has 0 bridgehead atoms. The molecule has 2 aromatic carbocycles. The van der Waals surface area contributed by atoms with E-state index in [4.69, 9.17) is 10.5 Å². The van der Waals surface area contributed by atoms with Crippen LogP contribution in [0.15, 0.2) is 53.5 Å². The maximum atomic E-state index is 12.0. The number of rotatable bonds is 3. The molecule has 5 nitrogen and oxygen atoms in total. The lowest BCUT2D eigenvalue weighted by Gasteiger charge is -2.16. The Morgan fingerprint density at radius 1 is 1.09 bits per heavy atom. The lowest BCUT2D eigenvalue weighted by Crippen LogP contribution is -2.15. The summed E-state index contributed by atoms with van der Waals surface area (Å²) in [6.45, 7) is 2.52. The Hall–Kier alpha value is -3.08. The average Bonchev–Trinajstić information content (AvgIpc) is 2.55. The summed E-state index contributed by atoms with van der Waals surface area (Å²) in [7, 11) is 0. The van der Waals surface area contributed by atoms with Gasteiger partial charge >= 0.3 is 0 Å². The van der Waals surface area contributed by atoms with Crippen molar-refractivity contribution >= 4 is 22.9 Å². The summed E-state index contributed by atoms with van der Waals surface area (Å²) in [5.74, 6) is 0.508. The second-order valence-corrected chi connectivity index (χ2v) is 5.05. The van der Waals surface area contributed by atoms with Crippen molar-refractivity contribution in [2.75, 3.05) is 12.3 Å². The highest BCUT2D eigenvalue weighted by Gasteiger charge is 2.23. The molecule has 1 aliphatic carbocycles. The summed E-state index contributed by atoms with van der Waals surface area (Å²) in [6.07, 6.45) is 2.99. The number of nitrogens with zero attached hydrogens (tertiary/aromatic N) is 1. The van der Waals surface area contributed by atoms with Gasteiger partial charge in [0.05, 0.1) is 29.1 Å². The molecule has 2 aromatic rings. The first-order valence-electron chi connectivity index (χ1n) is 7.26. The predicted octanol–water partition coefficient (Wildman–Crippen LogP) is 3.25. The van der Waals surface area contributed by atoms with E-state index in [0.717, 1.165) is 5.75 Å². The third-order valence-electron chi connectivity index (χ3n) is 3.51. The van der Waals surface area contributed by atoms with Gasteiger partial charge in [0.15, 0.2) is 5.78 Å². The topological polar surface area (TPSA) is 84.9 Å². The minimum Gasteiger partial charge on any atom is -0.507 e. The molecule has 0 heterocycles. The first-order valence-corrected chi connectivity index (χ1v) is 7.26. The second-order valence-electron chi connectivity index (χ2n) is 5.05. The van der Waals surface area contributed by atoms with Gasteiger partial charge in [0.25, 0.3) is 0 Å². The van der Waals surface area contributed by atoms with Crippen LogP contribution in [0.4, 0.5) is 11.4 Å². The lowest BCUT2D eigenvalue weighted by atomic mass is 9.92. The maximum Gasteiger partial charge on any atom is 0.188 e. The van der Waals surface area contributed by atoms with Gasteiger partial charge in [-0.2, -0.15) is 0 Å². The summed E-state index contributed by atoms with van der Waals surface area (Å²) in [6, 6.07) is 10.2. The van der Waals surface area contributed by atoms with Crippen molar-refractivity contribution in [1.82, 2.24) is 0 Å². The molecule has 1 aliphatic rings. The molecule has 116 valence electrons. The fourth-order valence-corrected chi connectivity index (χ4v) is 2.47. The Kier molecular flexibility index (Phi) is 3.85. The van der Waals surface area contributed by atoms with E-state index in [1.54, 1.807) is 6.08 Å². The fourth-order valence-electron chi connectivity index (χ4n) is 2.47. The first-order chi connectivity index (χ1) is 11.1. The van der Waals surface area contributed by atoms with Crippen molar-refractivity contribution < 1.29 is 14.6 Å². The van der Waals surface area contributed by atoms with Crippen LogP contribution in [-0.2, 0) is 0 Å². The van der Waals surface area contributed by atoms with E-state index in [9.17, 15) is 9.90 Å². The number of ether oxygens (including phenoxy) is 1. The highest BCUT2D eigenvalue weighted by Crippen LogP contribution is 2.32. The van der Waals surface area contributed by atoms with Gasteiger partial charge in [0.1, 0.15) is 11.5 Å². The molecular weight excluding hydrogens is 292 g/mol. The van der Waals surface area contributed by atoms with Gasteiger partial charge in [-0.15, -0.1) is 0 Å². The van der Waals surface area contributed by atoms with Crippen LogP contribution in [0.5, 0.6) is 11.5 Å². The van der Waals surface area contributed by atoms with Crippen LogP contribution in [0.2, 0.25) is 0 Å². The Balaban J connectivity index is 2.06. The third kappa shape index (κ3) is 2.81. The number of phenols is 1. The molecule has 0 atom stereocenters. The van der Waals surface area contributed by atoms with E-state index in [2.05, 4.69) is 4.99 Å². The van der Waals surface area contributed by atoms with Crippen molar-refractivity contribution in [3.05, 3.63) is 59.7 Å². The number of anilines is 1. The number of fused-ring (bicyclic) bond motifs is 1. The van der Waals surface area contributed by atoms with Gasteiger partial charge in [-0.3, -0.25) is 4.79 Å². The van der Waals surface area contributed by atoms with Gasteiger partial charge in [-0.25, -0.2) is 4.99 Å². The molecule has 5 heteroatoms. The van der Waals surface area contributed by atoms with Crippen molar-refractivity contribution in [2.24, 2.45) is 4.99 Å². The molecule has 0 fully saturated rings. The Morgan fingerprint density at radius 3 is 2.52 bits per heavy atom. The smallest absolute Gasteiger partial charge is 0.188 e. The van der Waals surface area contributed by atoms with Gasteiger partial charge < -0.3 is 15.6 Å². The Labute approximate surface area is 133 Å². The highest BCUT2D eigenvalue weighted by atomic mass is 16.5. The quantitative estimate of drug-likeness (QED) is 0.673. The molecular formula is C18H16N2O3. The average molecular weight is 308 g/mol. The number of carbonyl (C=O) groups is 1. The number of benzene rings is 2. The van der Waals surface area contributed by atoms with Gasteiger partial charge in [0.2, 0.25) is 0 Å².